The van der Waals surface area contributed by atoms with Gasteiger partial charge in [-0.15, -0.1) is 0 Å². The first-order valence-electron chi connectivity index (χ1n) is 6.72. The van der Waals surface area contributed by atoms with Gasteiger partial charge in [0.2, 0.25) is 0 Å². The van der Waals surface area contributed by atoms with Crippen molar-refractivity contribution in [2.75, 3.05) is 0 Å². The molecule has 0 aliphatic heterocycles. The minimum Gasteiger partial charge on any atom is -0.348 e. The number of aromatic nitrogens is 3. The monoisotopic (exact) mass is 312 g/mol. The van der Waals surface area contributed by atoms with Crippen LogP contribution in [0.1, 0.15) is 15.9 Å². The number of hydrogen-bond donors (Lipinski definition) is 2. The number of pyridine rings is 1. The molecule has 2 heterocycles. The Bertz CT molecular complexity index is 786. The van der Waals surface area contributed by atoms with Crippen LogP contribution in [0.15, 0.2) is 54.9 Å². The highest BCUT2D eigenvalue weighted by atomic mass is 35.5. The molecule has 0 saturated carbocycles. The third-order valence-corrected chi connectivity index (χ3v) is 3.52. The molecule has 0 atom stereocenters. The van der Waals surface area contributed by atoms with Gasteiger partial charge in [-0.3, -0.25) is 9.89 Å². The maximum atomic E-state index is 12.1. The molecule has 3 rings (SSSR count). The zero-order chi connectivity index (χ0) is 15.4. The van der Waals surface area contributed by atoms with E-state index in [1.165, 1.54) is 0 Å². The molecule has 2 aromatic heterocycles. The summed E-state index contributed by atoms with van der Waals surface area (Å²) in [7, 11) is 0. The molecule has 0 radical (unpaired) electrons. The van der Waals surface area contributed by atoms with Crippen molar-refractivity contribution < 1.29 is 4.79 Å². The Hall–Kier alpha value is -2.66. The van der Waals surface area contributed by atoms with E-state index in [-0.39, 0.29) is 11.1 Å². The number of benzene rings is 1. The number of rotatable bonds is 4. The summed E-state index contributed by atoms with van der Waals surface area (Å²) >= 11 is 5.92. The van der Waals surface area contributed by atoms with Crippen LogP contribution in [0, 0.1) is 0 Å². The van der Waals surface area contributed by atoms with Gasteiger partial charge in [0.15, 0.2) is 0 Å². The molecule has 0 aliphatic carbocycles. The predicted molar refractivity (Wildman–Crippen MR) is 84.4 cm³/mol. The minimum absolute atomic E-state index is 0.190. The molecule has 5 nitrogen and oxygen atoms in total. The molecule has 110 valence electrons. The first-order chi connectivity index (χ1) is 10.8. The van der Waals surface area contributed by atoms with Gasteiger partial charge in [0.05, 0.1) is 17.5 Å². The molecule has 0 saturated heterocycles. The SMILES string of the molecule is O=C(NCc1cn[nH]c1-c1ccccc1)c1cccnc1Cl. The summed E-state index contributed by atoms with van der Waals surface area (Å²) < 4.78 is 0. The highest BCUT2D eigenvalue weighted by molar-refractivity contribution is 6.32. The van der Waals surface area contributed by atoms with Crippen molar-refractivity contribution in [1.29, 1.82) is 0 Å². The number of aromatic amines is 1. The first kappa shape index (κ1) is 14.3. The number of carbonyl (C=O) groups is 1. The van der Waals surface area contributed by atoms with Crippen LogP contribution in [0.25, 0.3) is 11.3 Å². The molecule has 0 spiro atoms. The third-order valence-electron chi connectivity index (χ3n) is 3.22. The smallest absolute Gasteiger partial charge is 0.254 e. The van der Waals surface area contributed by atoms with E-state index in [9.17, 15) is 4.79 Å². The third kappa shape index (κ3) is 2.99. The fourth-order valence-corrected chi connectivity index (χ4v) is 2.33. The molecular weight excluding hydrogens is 300 g/mol. The normalized spacial score (nSPS) is 10.4. The lowest BCUT2D eigenvalue weighted by Crippen LogP contribution is -2.23. The van der Waals surface area contributed by atoms with Crippen LogP contribution in [-0.4, -0.2) is 21.1 Å². The second-order valence-corrected chi connectivity index (χ2v) is 5.02. The van der Waals surface area contributed by atoms with Gasteiger partial charge in [0.25, 0.3) is 5.91 Å². The van der Waals surface area contributed by atoms with Crippen molar-refractivity contribution in [2.24, 2.45) is 0 Å². The minimum atomic E-state index is -0.265. The van der Waals surface area contributed by atoms with E-state index >= 15 is 0 Å². The van der Waals surface area contributed by atoms with Gasteiger partial charge in [0.1, 0.15) is 5.15 Å². The summed E-state index contributed by atoms with van der Waals surface area (Å²) in [5, 5.41) is 10.0. The molecule has 1 amide bonds. The van der Waals surface area contributed by atoms with Gasteiger partial charge in [-0.1, -0.05) is 41.9 Å². The van der Waals surface area contributed by atoms with Crippen molar-refractivity contribution >= 4 is 17.5 Å². The van der Waals surface area contributed by atoms with Crippen LogP contribution in [0.2, 0.25) is 5.15 Å². The first-order valence-corrected chi connectivity index (χ1v) is 7.10. The molecule has 0 fully saturated rings. The van der Waals surface area contributed by atoms with Crippen molar-refractivity contribution in [3.05, 3.63) is 71.1 Å². The van der Waals surface area contributed by atoms with Crippen molar-refractivity contribution in [3.8, 4) is 11.3 Å². The van der Waals surface area contributed by atoms with E-state index in [0.29, 0.717) is 12.1 Å². The standard InChI is InChI=1S/C16H13ClN4O/c17-15-13(7-4-8-18-15)16(22)19-9-12-10-20-21-14(12)11-5-2-1-3-6-11/h1-8,10H,9H2,(H,19,22)(H,20,21). The average molecular weight is 313 g/mol. The molecule has 6 heteroatoms. The second kappa shape index (κ2) is 6.41. The number of halogens is 1. The average Bonchev–Trinajstić information content (AvgIpc) is 3.02. The van der Waals surface area contributed by atoms with Gasteiger partial charge >= 0.3 is 0 Å². The Kier molecular flexibility index (Phi) is 4.16. The van der Waals surface area contributed by atoms with Crippen molar-refractivity contribution in [2.45, 2.75) is 6.54 Å². The summed E-state index contributed by atoms with van der Waals surface area (Å²) in [5.41, 5.74) is 3.16. The quantitative estimate of drug-likeness (QED) is 0.727. The molecule has 0 bridgehead atoms. The molecule has 3 aromatic rings. The molecule has 2 N–H and O–H groups in total. The Morgan fingerprint density at radius 3 is 2.77 bits per heavy atom. The van der Waals surface area contributed by atoms with Crippen LogP contribution in [0.5, 0.6) is 0 Å². The molecule has 1 aromatic carbocycles. The van der Waals surface area contributed by atoms with Gasteiger partial charge < -0.3 is 5.32 Å². The van der Waals surface area contributed by atoms with E-state index in [4.69, 9.17) is 11.6 Å². The second-order valence-electron chi connectivity index (χ2n) is 4.66. The lowest BCUT2D eigenvalue weighted by Gasteiger charge is -2.07. The fraction of sp³-hybridized carbons (Fsp3) is 0.0625. The Balaban J connectivity index is 1.75. The van der Waals surface area contributed by atoms with E-state index in [1.807, 2.05) is 30.3 Å². The lowest BCUT2D eigenvalue weighted by atomic mass is 10.1. The van der Waals surface area contributed by atoms with Crippen LogP contribution < -0.4 is 5.32 Å². The van der Waals surface area contributed by atoms with E-state index in [1.54, 1.807) is 24.5 Å². The molecule has 0 unspecified atom stereocenters. The summed E-state index contributed by atoms with van der Waals surface area (Å²) in [6.45, 7) is 0.352. The van der Waals surface area contributed by atoms with E-state index < -0.39 is 0 Å². The van der Waals surface area contributed by atoms with Gasteiger partial charge in [-0.05, 0) is 17.7 Å². The topological polar surface area (TPSA) is 70.7 Å². The zero-order valence-corrected chi connectivity index (χ0v) is 12.3. The summed E-state index contributed by atoms with van der Waals surface area (Å²) in [6.07, 6.45) is 3.25. The fourth-order valence-electron chi connectivity index (χ4n) is 2.13. The number of hydrogen-bond acceptors (Lipinski definition) is 3. The summed E-state index contributed by atoms with van der Waals surface area (Å²) in [4.78, 5) is 16.0. The van der Waals surface area contributed by atoms with Crippen molar-refractivity contribution in [3.63, 3.8) is 0 Å². The van der Waals surface area contributed by atoms with Crippen molar-refractivity contribution in [1.82, 2.24) is 20.5 Å². The van der Waals surface area contributed by atoms with Gasteiger partial charge in [-0.25, -0.2) is 4.98 Å². The van der Waals surface area contributed by atoms with E-state index in [0.717, 1.165) is 16.8 Å². The lowest BCUT2D eigenvalue weighted by molar-refractivity contribution is 0.0951. The van der Waals surface area contributed by atoms with Crippen LogP contribution in [0.3, 0.4) is 0 Å². The largest absolute Gasteiger partial charge is 0.348 e. The highest BCUT2D eigenvalue weighted by Gasteiger charge is 2.12. The summed E-state index contributed by atoms with van der Waals surface area (Å²) in [5.74, 6) is -0.265. The van der Waals surface area contributed by atoms with Crippen LogP contribution in [0.4, 0.5) is 0 Å². The van der Waals surface area contributed by atoms with Crippen LogP contribution >= 0.6 is 11.6 Å². The van der Waals surface area contributed by atoms with Gasteiger partial charge in [0, 0.05) is 18.3 Å². The molecular formula is C16H13ClN4O. The zero-order valence-electron chi connectivity index (χ0n) is 11.6. The Morgan fingerprint density at radius 2 is 2.00 bits per heavy atom. The van der Waals surface area contributed by atoms with Gasteiger partial charge in [-0.2, -0.15) is 5.10 Å². The number of nitrogens with zero attached hydrogens (tertiary/aromatic N) is 2. The number of amides is 1. The number of carbonyl (C=O) groups excluding carboxylic acids is 1. The Labute approximate surface area is 132 Å². The molecule has 22 heavy (non-hydrogen) atoms. The number of H-pyrrole nitrogens is 1. The number of nitrogens with one attached hydrogen (secondary N) is 2. The Morgan fingerprint density at radius 1 is 1.18 bits per heavy atom. The van der Waals surface area contributed by atoms with Crippen LogP contribution in [-0.2, 0) is 6.54 Å². The van der Waals surface area contributed by atoms with E-state index in [2.05, 4.69) is 20.5 Å². The highest BCUT2D eigenvalue weighted by Crippen LogP contribution is 2.20. The molecule has 0 aliphatic rings. The predicted octanol–water partition coefficient (Wildman–Crippen LogP) is 3.06. The maximum absolute atomic E-state index is 12.1. The maximum Gasteiger partial charge on any atom is 0.254 e. The summed E-state index contributed by atoms with van der Waals surface area (Å²) in [6, 6.07) is 13.1.